The Bertz CT molecular complexity index is 283. The third-order valence-electron chi connectivity index (χ3n) is 5.39. The summed E-state index contributed by atoms with van der Waals surface area (Å²) < 4.78 is 0. The molecule has 0 bridgehead atoms. The monoisotopic (exact) mass is 309 g/mol. The number of hydrogen-bond acceptors (Lipinski definition) is 1. The summed E-state index contributed by atoms with van der Waals surface area (Å²) in [5, 5.41) is 0. The van der Waals surface area contributed by atoms with Crippen molar-refractivity contribution in [1.82, 2.24) is 0 Å². The van der Waals surface area contributed by atoms with E-state index in [9.17, 15) is 4.79 Å². The van der Waals surface area contributed by atoms with Gasteiger partial charge in [0.2, 0.25) is 5.91 Å². The summed E-state index contributed by atoms with van der Waals surface area (Å²) in [4.78, 5) is 11.3. The quantitative estimate of drug-likeness (QED) is 0.343. The van der Waals surface area contributed by atoms with Crippen LogP contribution in [0.5, 0.6) is 0 Å². The third-order valence-corrected chi connectivity index (χ3v) is 5.39. The lowest BCUT2D eigenvalue weighted by Crippen LogP contribution is -2.24. The molecule has 0 saturated heterocycles. The summed E-state index contributed by atoms with van der Waals surface area (Å²) in [5.74, 6) is -0.0535. The Labute approximate surface area is 138 Å². The largest absolute Gasteiger partial charge is 0.369 e. The number of hydrogen-bond donors (Lipinski definition) is 1. The van der Waals surface area contributed by atoms with Gasteiger partial charge < -0.3 is 5.73 Å². The fraction of sp³-hybridized carbons (Fsp3) is 0.950. The van der Waals surface area contributed by atoms with E-state index >= 15 is 0 Å². The minimum absolute atomic E-state index is 0.0535. The van der Waals surface area contributed by atoms with Crippen LogP contribution < -0.4 is 5.73 Å². The van der Waals surface area contributed by atoms with Gasteiger partial charge in [-0.15, -0.1) is 0 Å². The molecule has 0 spiro atoms. The number of primary amides is 1. The Morgan fingerprint density at radius 1 is 0.727 bits per heavy atom. The highest BCUT2D eigenvalue weighted by atomic mass is 16.1. The number of unbranched alkanes of at least 4 members (excludes halogenated alkanes) is 13. The molecule has 1 aliphatic rings. The van der Waals surface area contributed by atoms with Crippen molar-refractivity contribution in [2.45, 2.75) is 116 Å². The van der Waals surface area contributed by atoms with Gasteiger partial charge in [-0.05, 0) is 19.3 Å². The van der Waals surface area contributed by atoms with E-state index in [1.807, 2.05) is 0 Å². The van der Waals surface area contributed by atoms with Crippen LogP contribution in [-0.4, -0.2) is 5.91 Å². The zero-order chi connectivity index (χ0) is 16.1. The van der Waals surface area contributed by atoms with Gasteiger partial charge in [0, 0.05) is 5.41 Å². The second kappa shape index (κ2) is 12.0. The van der Waals surface area contributed by atoms with Crippen molar-refractivity contribution in [2.24, 2.45) is 11.1 Å². The molecule has 130 valence electrons. The molecule has 0 unspecified atom stereocenters. The highest BCUT2D eigenvalue weighted by Crippen LogP contribution is 2.49. The van der Waals surface area contributed by atoms with Crippen molar-refractivity contribution in [3.05, 3.63) is 0 Å². The number of rotatable bonds is 16. The van der Waals surface area contributed by atoms with Crippen molar-refractivity contribution in [3.8, 4) is 0 Å². The van der Waals surface area contributed by atoms with Gasteiger partial charge in [0.15, 0.2) is 0 Å². The van der Waals surface area contributed by atoms with Crippen molar-refractivity contribution < 1.29 is 4.79 Å². The van der Waals surface area contributed by atoms with Gasteiger partial charge in [0.05, 0.1) is 0 Å². The molecule has 1 rings (SSSR count). The van der Waals surface area contributed by atoms with Crippen LogP contribution in [0, 0.1) is 5.41 Å². The van der Waals surface area contributed by atoms with Gasteiger partial charge in [0.1, 0.15) is 0 Å². The Morgan fingerprint density at radius 3 is 1.41 bits per heavy atom. The molecule has 0 aliphatic heterocycles. The maximum absolute atomic E-state index is 11.3. The predicted molar refractivity (Wildman–Crippen MR) is 95.8 cm³/mol. The van der Waals surface area contributed by atoms with Crippen LogP contribution in [0.25, 0.3) is 0 Å². The topological polar surface area (TPSA) is 43.1 Å². The highest BCUT2D eigenvalue weighted by molar-refractivity contribution is 5.83. The van der Waals surface area contributed by atoms with Gasteiger partial charge in [-0.2, -0.15) is 0 Å². The molecule has 2 nitrogen and oxygen atoms in total. The van der Waals surface area contributed by atoms with Crippen molar-refractivity contribution in [3.63, 3.8) is 0 Å². The second-order valence-electron chi connectivity index (χ2n) is 7.49. The van der Waals surface area contributed by atoms with E-state index in [1.165, 1.54) is 89.9 Å². The zero-order valence-corrected chi connectivity index (χ0v) is 15.0. The molecular formula is C20H39NO. The first-order valence-electron chi connectivity index (χ1n) is 10.0. The van der Waals surface area contributed by atoms with Gasteiger partial charge >= 0.3 is 0 Å². The van der Waals surface area contributed by atoms with E-state index in [1.54, 1.807) is 0 Å². The zero-order valence-electron chi connectivity index (χ0n) is 15.0. The third kappa shape index (κ3) is 8.80. The fourth-order valence-electron chi connectivity index (χ4n) is 3.43. The van der Waals surface area contributed by atoms with Crippen LogP contribution in [0.3, 0.4) is 0 Å². The summed E-state index contributed by atoms with van der Waals surface area (Å²) in [6, 6.07) is 0. The van der Waals surface area contributed by atoms with Gasteiger partial charge in [-0.25, -0.2) is 0 Å². The molecule has 1 amide bonds. The Hall–Kier alpha value is -0.530. The molecule has 1 aliphatic carbocycles. The first-order valence-corrected chi connectivity index (χ1v) is 10.0. The summed E-state index contributed by atoms with van der Waals surface area (Å²) in [6.07, 6.45) is 22.5. The average Bonchev–Trinajstić information content (AvgIpc) is 3.29. The molecule has 2 N–H and O–H groups in total. The lowest BCUT2D eigenvalue weighted by molar-refractivity contribution is -0.123. The normalized spacial score (nSPS) is 15.9. The van der Waals surface area contributed by atoms with E-state index in [0.717, 1.165) is 19.3 Å². The van der Waals surface area contributed by atoms with Crippen molar-refractivity contribution in [1.29, 1.82) is 0 Å². The maximum Gasteiger partial charge on any atom is 0.223 e. The van der Waals surface area contributed by atoms with Gasteiger partial charge in [-0.3, -0.25) is 4.79 Å². The van der Waals surface area contributed by atoms with Crippen LogP contribution in [0.2, 0.25) is 0 Å². The fourth-order valence-corrected chi connectivity index (χ4v) is 3.43. The standard InChI is InChI=1S/C20H39NO/c1-2-3-4-5-6-7-8-9-10-11-12-13-14-15-16-20(17-18-20)19(21)22/h2-18H2,1H3,(H2,21,22). The van der Waals surface area contributed by atoms with E-state index in [0.29, 0.717) is 0 Å². The molecule has 1 fully saturated rings. The first-order chi connectivity index (χ1) is 10.7. The minimum atomic E-state index is -0.0723. The average molecular weight is 310 g/mol. The summed E-state index contributed by atoms with van der Waals surface area (Å²) in [5.41, 5.74) is 5.38. The number of carbonyl (C=O) groups excluding carboxylic acids is 1. The Kier molecular flexibility index (Phi) is 10.6. The van der Waals surface area contributed by atoms with Crippen LogP contribution in [-0.2, 0) is 4.79 Å². The minimum Gasteiger partial charge on any atom is -0.369 e. The molecule has 0 aromatic heterocycles. The summed E-state index contributed by atoms with van der Waals surface area (Å²) >= 11 is 0. The molecule has 0 radical (unpaired) electrons. The molecule has 22 heavy (non-hydrogen) atoms. The molecule has 0 atom stereocenters. The summed E-state index contributed by atoms with van der Waals surface area (Å²) in [6.45, 7) is 2.28. The highest BCUT2D eigenvalue weighted by Gasteiger charge is 2.47. The van der Waals surface area contributed by atoms with E-state index in [2.05, 4.69) is 6.92 Å². The van der Waals surface area contributed by atoms with E-state index < -0.39 is 0 Å². The number of carbonyl (C=O) groups is 1. The smallest absolute Gasteiger partial charge is 0.223 e. The van der Waals surface area contributed by atoms with E-state index in [4.69, 9.17) is 5.73 Å². The summed E-state index contributed by atoms with van der Waals surface area (Å²) in [7, 11) is 0. The van der Waals surface area contributed by atoms with Crippen molar-refractivity contribution >= 4 is 5.91 Å². The number of nitrogens with two attached hydrogens (primary N) is 1. The van der Waals surface area contributed by atoms with Crippen LogP contribution in [0.1, 0.15) is 116 Å². The van der Waals surface area contributed by atoms with Crippen LogP contribution >= 0.6 is 0 Å². The predicted octanol–water partition coefficient (Wildman–Crippen LogP) is 6.12. The molecule has 0 heterocycles. The second-order valence-corrected chi connectivity index (χ2v) is 7.49. The molecule has 0 aromatic carbocycles. The lowest BCUT2D eigenvalue weighted by atomic mass is 9.97. The Balaban J connectivity index is 1.73. The molecule has 2 heteroatoms. The van der Waals surface area contributed by atoms with Gasteiger partial charge in [-0.1, -0.05) is 96.8 Å². The Morgan fingerprint density at radius 2 is 1.09 bits per heavy atom. The van der Waals surface area contributed by atoms with E-state index in [-0.39, 0.29) is 11.3 Å². The SMILES string of the molecule is CCCCCCCCCCCCCCCCC1(C(N)=O)CC1. The molecular weight excluding hydrogens is 270 g/mol. The molecule has 0 aromatic rings. The number of amides is 1. The maximum atomic E-state index is 11.3. The van der Waals surface area contributed by atoms with Gasteiger partial charge in [0.25, 0.3) is 0 Å². The van der Waals surface area contributed by atoms with Crippen molar-refractivity contribution in [2.75, 3.05) is 0 Å². The van der Waals surface area contributed by atoms with Crippen LogP contribution in [0.15, 0.2) is 0 Å². The molecule has 1 saturated carbocycles. The first kappa shape index (κ1) is 19.5. The van der Waals surface area contributed by atoms with Crippen LogP contribution in [0.4, 0.5) is 0 Å². The lowest BCUT2D eigenvalue weighted by Gasteiger charge is -2.09.